The molecule has 1 aliphatic rings. The van der Waals surface area contributed by atoms with Gasteiger partial charge in [-0.3, -0.25) is 9.59 Å². The van der Waals surface area contributed by atoms with Crippen molar-refractivity contribution in [1.29, 1.82) is 5.26 Å². The number of rotatable bonds is 4. The zero-order valence-corrected chi connectivity index (χ0v) is 12.4. The van der Waals surface area contributed by atoms with Crippen LogP contribution in [-0.2, 0) is 4.79 Å². The molecule has 0 aromatic heterocycles. The van der Waals surface area contributed by atoms with E-state index in [2.05, 4.69) is 5.32 Å². The number of halogens is 1. The molecule has 4 nitrogen and oxygen atoms in total. The highest BCUT2D eigenvalue weighted by molar-refractivity contribution is 6.31. The van der Waals surface area contributed by atoms with Crippen molar-refractivity contribution >= 4 is 23.3 Å². The maximum atomic E-state index is 12.3. The second kappa shape index (κ2) is 7.24. The van der Waals surface area contributed by atoms with Crippen LogP contribution in [0.2, 0.25) is 5.02 Å². The lowest BCUT2D eigenvalue weighted by atomic mass is 9.93. The van der Waals surface area contributed by atoms with Gasteiger partial charge < -0.3 is 5.32 Å². The monoisotopic (exact) mass is 304 g/mol. The summed E-state index contributed by atoms with van der Waals surface area (Å²) in [5.74, 6) is -2.33. The number of nitriles is 1. The van der Waals surface area contributed by atoms with Crippen molar-refractivity contribution in [1.82, 2.24) is 5.32 Å². The lowest BCUT2D eigenvalue weighted by Crippen LogP contribution is -2.42. The molecule has 1 aromatic carbocycles. The first-order chi connectivity index (χ1) is 10.1. The maximum Gasteiger partial charge on any atom is 0.245 e. The number of nitrogens with zero attached hydrogens (tertiary/aromatic N) is 1. The third kappa shape index (κ3) is 4.05. The molecule has 1 aromatic rings. The number of nitrogens with one attached hydrogen (secondary N) is 1. The molecule has 2 rings (SSSR count). The Morgan fingerprint density at radius 2 is 2.00 bits per heavy atom. The van der Waals surface area contributed by atoms with Gasteiger partial charge in [-0.25, -0.2) is 0 Å². The Kier molecular flexibility index (Phi) is 5.35. The second-order valence-corrected chi connectivity index (χ2v) is 5.72. The molecular weight excluding hydrogens is 288 g/mol. The highest BCUT2D eigenvalue weighted by atomic mass is 35.5. The minimum Gasteiger partial charge on any atom is -0.352 e. The van der Waals surface area contributed by atoms with E-state index in [1.165, 1.54) is 12.5 Å². The second-order valence-electron chi connectivity index (χ2n) is 5.28. The summed E-state index contributed by atoms with van der Waals surface area (Å²) in [5.41, 5.74) is 0.285. The van der Waals surface area contributed by atoms with Crippen LogP contribution in [0.1, 0.15) is 42.5 Å². The number of hydrogen-bond donors (Lipinski definition) is 1. The number of Topliss-reactive ketones (excluding diaryl/α,β-unsaturated/α-hetero) is 1. The van der Waals surface area contributed by atoms with Crippen molar-refractivity contribution in [2.75, 3.05) is 0 Å². The molecule has 0 aliphatic heterocycles. The van der Waals surface area contributed by atoms with Gasteiger partial charge in [0.15, 0.2) is 11.7 Å². The lowest BCUT2D eigenvalue weighted by Gasteiger charge is -2.23. The fourth-order valence-electron chi connectivity index (χ4n) is 2.58. The molecule has 0 bridgehead atoms. The molecule has 1 N–H and O–H groups in total. The van der Waals surface area contributed by atoms with Crippen LogP contribution in [0.15, 0.2) is 24.3 Å². The molecule has 21 heavy (non-hydrogen) atoms. The Labute approximate surface area is 129 Å². The van der Waals surface area contributed by atoms with Gasteiger partial charge in [0.25, 0.3) is 0 Å². The fourth-order valence-corrected chi connectivity index (χ4v) is 2.77. The molecule has 1 fully saturated rings. The van der Waals surface area contributed by atoms with Gasteiger partial charge in [0.1, 0.15) is 0 Å². The van der Waals surface area contributed by atoms with Crippen molar-refractivity contribution in [3.63, 3.8) is 0 Å². The minimum atomic E-state index is -1.31. The first kappa shape index (κ1) is 15.5. The molecule has 0 saturated heterocycles. The van der Waals surface area contributed by atoms with Gasteiger partial charge in [-0.2, -0.15) is 5.26 Å². The molecule has 0 unspecified atom stereocenters. The van der Waals surface area contributed by atoms with Gasteiger partial charge >= 0.3 is 0 Å². The third-order valence-electron chi connectivity index (χ3n) is 3.71. The van der Waals surface area contributed by atoms with Crippen LogP contribution in [0.4, 0.5) is 0 Å². The van der Waals surface area contributed by atoms with E-state index in [4.69, 9.17) is 16.9 Å². The summed E-state index contributed by atoms with van der Waals surface area (Å²) in [6.07, 6.45) is 5.15. The maximum absolute atomic E-state index is 12.3. The molecule has 5 heteroatoms. The zero-order valence-electron chi connectivity index (χ0n) is 11.6. The highest BCUT2D eigenvalue weighted by Gasteiger charge is 2.29. The summed E-state index contributed by atoms with van der Waals surface area (Å²) in [5, 5.41) is 12.4. The Morgan fingerprint density at radius 3 is 2.62 bits per heavy atom. The van der Waals surface area contributed by atoms with Crippen molar-refractivity contribution in [3.8, 4) is 6.07 Å². The average molecular weight is 305 g/mol. The summed E-state index contributed by atoms with van der Waals surface area (Å²) in [6, 6.07) is 8.19. The van der Waals surface area contributed by atoms with Crippen molar-refractivity contribution in [3.05, 3.63) is 34.9 Å². The van der Waals surface area contributed by atoms with Gasteiger partial charge in [0, 0.05) is 16.6 Å². The van der Waals surface area contributed by atoms with Gasteiger partial charge in [-0.1, -0.05) is 43.0 Å². The largest absolute Gasteiger partial charge is 0.352 e. The third-order valence-corrected chi connectivity index (χ3v) is 3.95. The Hall–Kier alpha value is -1.86. The van der Waals surface area contributed by atoms with Crippen LogP contribution in [0.5, 0.6) is 0 Å². The standard InChI is InChI=1S/C16H17ClN2O2/c17-12-6-4-5-11(9-12)15(20)14(10-18)16(21)19-13-7-2-1-3-8-13/h4-6,9,13-14H,1-3,7-8H2,(H,19,21)/t14-/m0/s1. The smallest absolute Gasteiger partial charge is 0.245 e. The summed E-state index contributed by atoms with van der Waals surface area (Å²) in [4.78, 5) is 24.4. The SMILES string of the molecule is N#C[C@H](C(=O)NC1CCCCC1)C(=O)c1cccc(Cl)c1. The number of carbonyl (C=O) groups is 2. The van der Waals surface area contributed by atoms with E-state index in [-0.39, 0.29) is 11.6 Å². The highest BCUT2D eigenvalue weighted by Crippen LogP contribution is 2.19. The fraction of sp³-hybridized carbons (Fsp3) is 0.438. The number of carbonyl (C=O) groups excluding carboxylic acids is 2. The Bertz CT molecular complexity index is 574. The molecule has 0 spiro atoms. The summed E-state index contributed by atoms with van der Waals surface area (Å²) < 4.78 is 0. The van der Waals surface area contributed by atoms with E-state index < -0.39 is 17.6 Å². The first-order valence-corrected chi connectivity index (χ1v) is 7.49. The molecule has 1 aliphatic carbocycles. The van der Waals surface area contributed by atoms with Gasteiger partial charge in [-0.05, 0) is 25.0 Å². The van der Waals surface area contributed by atoms with Gasteiger partial charge in [-0.15, -0.1) is 0 Å². The van der Waals surface area contributed by atoms with Crippen molar-refractivity contribution in [2.45, 2.75) is 38.1 Å². The molecule has 0 radical (unpaired) electrons. The first-order valence-electron chi connectivity index (χ1n) is 7.11. The van der Waals surface area contributed by atoms with E-state index in [0.717, 1.165) is 25.7 Å². The number of hydrogen-bond acceptors (Lipinski definition) is 3. The van der Waals surface area contributed by atoms with Crippen LogP contribution < -0.4 is 5.32 Å². The molecule has 110 valence electrons. The predicted molar refractivity (Wildman–Crippen MR) is 79.9 cm³/mol. The van der Waals surface area contributed by atoms with Gasteiger partial charge in [0.2, 0.25) is 5.91 Å². The van der Waals surface area contributed by atoms with Crippen LogP contribution in [-0.4, -0.2) is 17.7 Å². The van der Waals surface area contributed by atoms with E-state index in [9.17, 15) is 9.59 Å². The number of amides is 1. The topological polar surface area (TPSA) is 70.0 Å². The normalized spacial score (nSPS) is 16.8. The summed E-state index contributed by atoms with van der Waals surface area (Å²) >= 11 is 5.84. The molecule has 1 atom stereocenters. The molecule has 1 amide bonds. The van der Waals surface area contributed by atoms with Gasteiger partial charge in [0.05, 0.1) is 6.07 Å². The Balaban J connectivity index is 2.06. The van der Waals surface area contributed by atoms with Crippen molar-refractivity contribution in [2.24, 2.45) is 5.92 Å². The number of ketones is 1. The minimum absolute atomic E-state index is 0.0780. The summed E-state index contributed by atoms with van der Waals surface area (Å²) in [7, 11) is 0. The molecular formula is C16H17ClN2O2. The predicted octanol–water partition coefficient (Wildman–Crippen LogP) is 3.11. The summed E-state index contributed by atoms with van der Waals surface area (Å²) in [6.45, 7) is 0. The van der Waals surface area contributed by atoms with E-state index in [1.54, 1.807) is 24.3 Å². The zero-order chi connectivity index (χ0) is 15.2. The average Bonchev–Trinajstić information content (AvgIpc) is 2.49. The van der Waals surface area contributed by atoms with Crippen LogP contribution >= 0.6 is 11.6 Å². The van der Waals surface area contributed by atoms with Crippen LogP contribution in [0.3, 0.4) is 0 Å². The van der Waals surface area contributed by atoms with E-state index in [0.29, 0.717) is 5.02 Å². The Morgan fingerprint density at radius 1 is 1.29 bits per heavy atom. The van der Waals surface area contributed by atoms with Crippen LogP contribution in [0.25, 0.3) is 0 Å². The van der Waals surface area contributed by atoms with E-state index in [1.807, 2.05) is 0 Å². The lowest BCUT2D eigenvalue weighted by molar-refractivity contribution is -0.123. The van der Waals surface area contributed by atoms with E-state index >= 15 is 0 Å². The molecule has 1 saturated carbocycles. The molecule has 0 heterocycles. The van der Waals surface area contributed by atoms with Crippen molar-refractivity contribution < 1.29 is 9.59 Å². The van der Waals surface area contributed by atoms with Crippen LogP contribution in [0, 0.1) is 17.2 Å². The number of benzene rings is 1. The quantitative estimate of drug-likeness (QED) is 0.686.